The van der Waals surface area contributed by atoms with Crippen molar-refractivity contribution in [2.45, 2.75) is 206 Å². The lowest BCUT2D eigenvalue weighted by Crippen LogP contribution is -2.08. The van der Waals surface area contributed by atoms with Crippen LogP contribution in [0.2, 0.25) is 0 Å². The van der Waals surface area contributed by atoms with Crippen molar-refractivity contribution in [1.82, 2.24) is 0 Å². The highest BCUT2D eigenvalue weighted by Crippen LogP contribution is 2.21. The lowest BCUT2D eigenvalue weighted by Gasteiger charge is -2.14. The highest BCUT2D eigenvalue weighted by molar-refractivity contribution is 5.55. The summed E-state index contributed by atoms with van der Waals surface area (Å²) in [6, 6.07) is 0. The van der Waals surface area contributed by atoms with Crippen LogP contribution < -0.4 is 0 Å². The number of aldehydes is 2. The molecular weight excluding hydrogens is 464 g/mol. The zero-order chi connectivity index (χ0) is 27.8. The third-order valence-electron chi connectivity index (χ3n) is 8.65. The van der Waals surface area contributed by atoms with Gasteiger partial charge >= 0.3 is 0 Å². The van der Waals surface area contributed by atoms with E-state index in [-0.39, 0.29) is 11.8 Å². The van der Waals surface area contributed by atoms with Crippen molar-refractivity contribution in [3.05, 3.63) is 0 Å². The molecule has 0 aromatic heterocycles. The Kier molecular flexibility index (Phi) is 32.0. The molecule has 0 saturated carbocycles. The van der Waals surface area contributed by atoms with E-state index in [2.05, 4.69) is 13.8 Å². The minimum Gasteiger partial charge on any atom is -0.303 e. The van der Waals surface area contributed by atoms with Gasteiger partial charge < -0.3 is 9.59 Å². The van der Waals surface area contributed by atoms with Crippen LogP contribution in [0.4, 0.5) is 0 Å². The average molecular weight is 535 g/mol. The van der Waals surface area contributed by atoms with E-state index in [1.807, 2.05) is 0 Å². The molecule has 0 heterocycles. The molecule has 0 aliphatic heterocycles. The van der Waals surface area contributed by atoms with Crippen LogP contribution in [-0.4, -0.2) is 12.6 Å². The van der Waals surface area contributed by atoms with Gasteiger partial charge in [-0.2, -0.15) is 0 Å². The molecular formula is C36H70O2. The predicted molar refractivity (Wildman–Crippen MR) is 169 cm³/mol. The Hall–Kier alpha value is -0.660. The Balaban J connectivity index is 3.53. The van der Waals surface area contributed by atoms with Gasteiger partial charge in [0.1, 0.15) is 12.6 Å². The first-order valence-corrected chi connectivity index (χ1v) is 17.7. The number of hydrogen-bond acceptors (Lipinski definition) is 2. The van der Waals surface area contributed by atoms with Gasteiger partial charge in [-0.05, 0) is 25.7 Å². The topological polar surface area (TPSA) is 34.1 Å². The minimum atomic E-state index is 0.164. The summed E-state index contributed by atoms with van der Waals surface area (Å²) in [6.45, 7) is 4.56. The molecule has 2 nitrogen and oxygen atoms in total. The molecule has 226 valence electrons. The van der Waals surface area contributed by atoms with Crippen molar-refractivity contribution < 1.29 is 9.59 Å². The van der Waals surface area contributed by atoms with Crippen LogP contribution in [0.1, 0.15) is 206 Å². The van der Waals surface area contributed by atoms with E-state index in [1.165, 1.54) is 167 Å². The molecule has 0 fully saturated rings. The fourth-order valence-electron chi connectivity index (χ4n) is 5.84. The molecule has 0 rings (SSSR count). The Bertz CT molecular complexity index is 418. The molecule has 0 N–H and O–H groups in total. The Morgan fingerprint density at radius 2 is 0.526 bits per heavy atom. The largest absolute Gasteiger partial charge is 0.303 e. The van der Waals surface area contributed by atoms with Gasteiger partial charge in [0.2, 0.25) is 0 Å². The van der Waals surface area contributed by atoms with Gasteiger partial charge in [0.15, 0.2) is 0 Å². The highest BCUT2D eigenvalue weighted by Gasteiger charge is 2.13. The molecule has 0 saturated heterocycles. The number of carbonyl (C=O) groups excluding carboxylic acids is 2. The van der Waals surface area contributed by atoms with Crippen LogP contribution in [-0.2, 0) is 9.59 Å². The van der Waals surface area contributed by atoms with E-state index in [0.717, 1.165) is 38.3 Å². The molecule has 0 aliphatic rings. The molecule has 0 amide bonds. The summed E-state index contributed by atoms with van der Waals surface area (Å²) in [5.41, 5.74) is 0. The third kappa shape index (κ3) is 28.4. The van der Waals surface area contributed by atoms with Crippen LogP contribution in [0.5, 0.6) is 0 Å². The standard InChI is InChI=1S/C36H70O2/c1-3-5-7-9-11-13-15-17-19-21-23-25-27-29-35(33-37)31-32-36(34-38)30-28-26-24-22-20-18-16-14-12-10-8-6-4-2/h33-36H,3-32H2,1-2H3. The normalized spacial score (nSPS) is 13.0. The van der Waals surface area contributed by atoms with Crippen molar-refractivity contribution in [1.29, 1.82) is 0 Å². The molecule has 2 unspecified atom stereocenters. The molecule has 0 aromatic rings. The SMILES string of the molecule is CCCCCCCCCCCCCCCC(C=O)CCC(C=O)CCCCCCCCCCCCCCC. The summed E-state index contributed by atoms with van der Waals surface area (Å²) in [5, 5.41) is 0. The number of hydrogen-bond donors (Lipinski definition) is 0. The number of unbranched alkanes of at least 4 members (excludes halogenated alkanes) is 24. The van der Waals surface area contributed by atoms with E-state index in [4.69, 9.17) is 0 Å². The van der Waals surface area contributed by atoms with Gasteiger partial charge in [0, 0.05) is 11.8 Å². The fourth-order valence-corrected chi connectivity index (χ4v) is 5.84. The van der Waals surface area contributed by atoms with E-state index < -0.39 is 0 Å². The second-order valence-electron chi connectivity index (χ2n) is 12.4. The Morgan fingerprint density at radius 1 is 0.316 bits per heavy atom. The molecule has 0 radical (unpaired) electrons. The van der Waals surface area contributed by atoms with Crippen LogP contribution in [0.3, 0.4) is 0 Å². The van der Waals surface area contributed by atoms with Gasteiger partial charge in [0.05, 0.1) is 0 Å². The average Bonchev–Trinajstić information content (AvgIpc) is 2.94. The summed E-state index contributed by atoms with van der Waals surface area (Å²) in [6.07, 6.45) is 41.7. The predicted octanol–water partition coefficient (Wildman–Crippen LogP) is 12.4. The van der Waals surface area contributed by atoms with Crippen molar-refractivity contribution in [2.24, 2.45) is 11.8 Å². The van der Waals surface area contributed by atoms with E-state index in [0.29, 0.717) is 0 Å². The minimum absolute atomic E-state index is 0.164. The van der Waals surface area contributed by atoms with Crippen LogP contribution in [0, 0.1) is 11.8 Å². The van der Waals surface area contributed by atoms with Crippen LogP contribution in [0.25, 0.3) is 0 Å². The first-order valence-electron chi connectivity index (χ1n) is 17.7. The highest BCUT2D eigenvalue weighted by atomic mass is 16.1. The van der Waals surface area contributed by atoms with Crippen molar-refractivity contribution >= 4 is 12.6 Å². The van der Waals surface area contributed by atoms with Crippen LogP contribution in [0.15, 0.2) is 0 Å². The third-order valence-corrected chi connectivity index (χ3v) is 8.65. The zero-order valence-electron chi connectivity index (χ0n) is 26.3. The fraction of sp³-hybridized carbons (Fsp3) is 0.944. The molecule has 2 atom stereocenters. The monoisotopic (exact) mass is 535 g/mol. The van der Waals surface area contributed by atoms with Gasteiger partial charge in [-0.25, -0.2) is 0 Å². The van der Waals surface area contributed by atoms with Gasteiger partial charge in [-0.1, -0.05) is 181 Å². The molecule has 0 aromatic carbocycles. The smallest absolute Gasteiger partial charge is 0.123 e. The second-order valence-corrected chi connectivity index (χ2v) is 12.4. The van der Waals surface area contributed by atoms with E-state index in [9.17, 15) is 9.59 Å². The first-order chi connectivity index (χ1) is 18.8. The van der Waals surface area contributed by atoms with Crippen molar-refractivity contribution in [3.63, 3.8) is 0 Å². The summed E-state index contributed by atoms with van der Waals surface area (Å²) in [5.74, 6) is 0.327. The molecule has 38 heavy (non-hydrogen) atoms. The summed E-state index contributed by atoms with van der Waals surface area (Å²) in [4.78, 5) is 23.1. The van der Waals surface area contributed by atoms with Crippen molar-refractivity contribution in [3.8, 4) is 0 Å². The molecule has 0 aliphatic carbocycles. The zero-order valence-corrected chi connectivity index (χ0v) is 26.3. The lowest BCUT2D eigenvalue weighted by molar-refractivity contribution is -0.113. The van der Waals surface area contributed by atoms with E-state index >= 15 is 0 Å². The quantitative estimate of drug-likeness (QED) is 0.0619. The second kappa shape index (κ2) is 32.6. The van der Waals surface area contributed by atoms with Gasteiger partial charge in [0.25, 0.3) is 0 Å². The first kappa shape index (κ1) is 37.3. The Morgan fingerprint density at radius 3 is 0.737 bits per heavy atom. The Labute approximate surface area is 240 Å². The van der Waals surface area contributed by atoms with Gasteiger partial charge in [-0.3, -0.25) is 0 Å². The van der Waals surface area contributed by atoms with Crippen LogP contribution >= 0.6 is 0 Å². The number of rotatable bonds is 33. The van der Waals surface area contributed by atoms with E-state index in [1.54, 1.807) is 0 Å². The summed E-state index contributed by atoms with van der Waals surface area (Å²) in [7, 11) is 0. The molecule has 0 spiro atoms. The maximum absolute atomic E-state index is 11.6. The maximum Gasteiger partial charge on any atom is 0.123 e. The molecule has 2 heteroatoms. The maximum atomic E-state index is 11.6. The summed E-state index contributed by atoms with van der Waals surface area (Å²) >= 11 is 0. The number of carbonyl (C=O) groups is 2. The lowest BCUT2D eigenvalue weighted by atomic mass is 9.90. The van der Waals surface area contributed by atoms with Gasteiger partial charge in [-0.15, -0.1) is 0 Å². The van der Waals surface area contributed by atoms with Crippen molar-refractivity contribution in [2.75, 3.05) is 0 Å². The summed E-state index contributed by atoms with van der Waals surface area (Å²) < 4.78 is 0. The molecule has 0 bridgehead atoms.